The molecular weight excluding hydrogens is 300 g/mol. The molecule has 0 saturated heterocycles. The Labute approximate surface area is 132 Å². The smallest absolute Gasteiger partial charge is 0.318 e. The lowest BCUT2D eigenvalue weighted by Crippen LogP contribution is -2.37. The Morgan fingerprint density at radius 1 is 0.783 bits per heavy atom. The molecule has 0 unspecified atom stereocenters. The van der Waals surface area contributed by atoms with Crippen LogP contribution in [0.2, 0.25) is 0 Å². The first-order chi connectivity index (χ1) is 10.9. The predicted octanol–water partition coefficient (Wildman–Crippen LogP) is 2.33. The molecule has 4 N–H and O–H groups in total. The molecule has 0 aliphatic heterocycles. The van der Waals surface area contributed by atoms with Crippen LogP contribution in [-0.4, -0.2) is 32.4 Å². The number of carbonyl (C=O) groups is 2. The van der Waals surface area contributed by atoms with Crippen LogP contribution in [0.1, 0.15) is 24.0 Å². The summed E-state index contributed by atoms with van der Waals surface area (Å²) in [5, 5.41) is 37.7. The minimum Gasteiger partial charge on any atom is -0.508 e. The van der Waals surface area contributed by atoms with Crippen LogP contribution in [-0.2, 0) is 15.0 Å². The lowest BCUT2D eigenvalue weighted by Gasteiger charge is -2.30. The summed E-state index contributed by atoms with van der Waals surface area (Å²) in [6.45, 7) is 0. The minimum atomic E-state index is -1.58. The molecule has 2 aromatic rings. The molecule has 0 saturated carbocycles. The number of hydrogen-bond acceptors (Lipinski definition) is 4. The van der Waals surface area contributed by atoms with E-state index in [0.29, 0.717) is 11.1 Å². The van der Waals surface area contributed by atoms with Gasteiger partial charge in [0.15, 0.2) is 0 Å². The fourth-order valence-corrected chi connectivity index (χ4v) is 2.60. The van der Waals surface area contributed by atoms with Gasteiger partial charge in [-0.3, -0.25) is 9.59 Å². The topological polar surface area (TPSA) is 115 Å². The highest BCUT2D eigenvalue weighted by Gasteiger charge is 2.42. The molecule has 6 heteroatoms. The van der Waals surface area contributed by atoms with Crippen molar-refractivity contribution in [1.82, 2.24) is 0 Å². The summed E-state index contributed by atoms with van der Waals surface area (Å²) in [4.78, 5) is 23.1. The Kier molecular flexibility index (Phi) is 4.55. The van der Waals surface area contributed by atoms with Gasteiger partial charge in [0.25, 0.3) is 0 Å². The first-order valence-corrected chi connectivity index (χ1v) is 6.90. The molecule has 0 radical (unpaired) electrons. The van der Waals surface area contributed by atoms with Crippen LogP contribution in [0.15, 0.2) is 48.5 Å². The third-order valence-corrected chi connectivity index (χ3v) is 3.80. The van der Waals surface area contributed by atoms with Gasteiger partial charge in [-0.15, -0.1) is 0 Å². The Morgan fingerprint density at radius 3 is 1.48 bits per heavy atom. The van der Waals surface area contributed by atoms with Crippen LogP contribution < -0.4 is 0 Å². The number of aliphatic carboxylic acids is 2. The number of phenols is 2. The fraction of sp³-hybridized carbons (Fsp3) is 0.176. The van der Waals surface area contributed by atoms with Gasteiger partial charge in [-0.25, -0.2) is 0 Å². The van der Waals surface area contributed by atoms with Crippen LogP contribution in [0.5, 0.6) is 11.5 Å². The normalized spacial score (nSPS) is 11.1. The van der Waals surface area contributed by atoms with E-state index in [4.69, 9.17) is 5.11 Å². The molecule has 0 aromatic heterocycles. The van der Waals surface area contributed by atoms with Crippen molar-refractivity contribution in [3.05, 3.63) is 59.7 Å². The van der Waals surface area contributed by atoms with E-state index < -0.39 is 17.4 Å². The average molecular weight is 316 g/mol. The molecule has 2 aromatic carbocycles. The number of aromatic hydroxyl groups is 2. The second-order valence-corrected chi connectivity index (χ2v) is 5.20. The molecule has 0 aliphatic carbocycles. The molecule has 0 bridgehead atoms. The van der Waals surface area contributed by atoms with Gasteiger partial charge in [0, 0.05) is 6.42 Å². The predicted molar refractivity (Wildman–Crippen MR) is 81.5 cm³/mol. The van der Waals surface area contributed by atoms with E-state index in [1.807, 2.05) is 0 Å². The van der Waals surface area contributed by atoms with Gasteiger partial charge in [0.2, 0.25) is 0 Å². The largest absolute Gasteiger partial charge is 0.508 e. The fourth-order valence-electron chi connectivity index (χ4n) is 2.60. The lowest BCUT2D eigenvalue weighted by molar-refractivity contribution is -0.143. The molecular formula is C17H16O6. The standard InChI is InChI=1S/C17H16O6/c18-13-5-1-11(2-6-13)17(16(22)23,10-9-15(20)21)12-3-7-14(19)8-4-12/h1-8,18-19H,9-10H2,(H,20,21)(H,22,23). The molecule has 0 aliphatic rings. The maximum atomic E-state index is 12.1. The van der Waals surface area contributed by atoms with E-state index in [9.17, 15) is 24.9 Å². The second kappa shape index (κ2) is 6.39. The van der Waals surface area contributed by atoms with Gasteiger partial charge in [0.05, 0.1) is 0 Å². The van der Waals surface area contributed by atoms with Gasteiger partial charge in [-0.2, -0.15) is 0 Å². The Bertz CT molecular complexity index is 657. The summed E-state index contributed by atoms with van der Waals surface area (Å²) in [6.07, 6.45) is -0.499. The molecule has 0 heterocycles. The zero-order valence-corrected chi connectivity index (χ0v) is 12.1. The van der Waals surface area contributed by atoms with Crippen molar-refractivity contribution in [1.29, 1.82) is 0 Å². The third-order valence-electron chi connectivity index (χ3n) is 3.80. The summed E-state index contributed by atoms with van der Waals surface area (Å²) in [5.74, 6) is -2.34. The van der Waals surface area contributed by atoms with Gasteiger partial charge in [0.1, 0.15) is 16.9 Å². The quantitative estimate of drug-likeness (QED) is 0.650. The highest BCUT2D eigenvalue weighted by Crippen LogP contribution is 2.38. The Balaban J connectivity index is 2.63. The maximum absolute atomic E-state index is 12.1. The number of rotatable bonds is 6. The highest BCUT2D eigenvalue weighted by molar-refractivity contribution is 5.87. The number of carboxylic acids is 2. The molecule has 2 rings (SSSR count). The van der Waals surface area contributed by atoms with E-state index in [0.717, 1.165) is 0 Å². The van der Waals surface area contributed by atoms with Crippen LogP contribution >= 0.6 is 0 Å². The van der Waals surface area contributed by atoms with Crippen molar-refractivity contribution in [2.45, 2.75) is 18.3 Å². The molecule has 6 nitrogen and oxygen atoms in total. The van der Waals surface area contributed by atoms with Crippen molar-refractivity contribution in [2.24, 2.45) is 0 Å². The highest BCUT2D eigenvalue weighted by atomic mass is 16.4. The van der Waals surface area contributed by atoms with E-state index in [-0.39, 0.29) is 24.3 Å². The number of carboxylic acid groups (broad SMARTS) is 2. The van der Waals surface area contributed by atoms with Crippen LogP contribution in [0.3, 0.4) is 0 Å². The number of hydrogen-bond donors (Lipinski definition) is 4. The van der Waals surface area contributed by atoms with Crippen LogP contribution in [0.4, 0.5) is 0 Å². The van der Waals surface area contributed by atoms with Crippen molar-refractivity contribution in [3.63, 3.8) is 0 Å². The summed E-state index contributed by atoms with van der Waals surface area (Å²) >= 11 is 0. The molecule has 0 fully saturated rings. The zero-order valence-electron chi connectivity index (χ0n) is 12.1. The van der Waals surface area contributed by atoms with Crippen molar-refractivity contribution in [2.75, 3.05) is 0 Å². The summed E-state index contributed by atoms with van der Waals surface area (Å²) in [5.41, 5.74) is -0.871. The first kappa shape index (κ1) is 16.4. The average Bonchev–Trinajstić information content (AvgIpc) is 2.50. The first-order valence-electron chi connectivity index (χ1n) is 6.90. The molecule has 0 amide bonds. The molecule has 0 atom stereocenters. The van der Waals surface area contributed by atoms with Crippen molar-refractivity contribution in [3.8, 4) is 11.5 Å². The van der Waals surface area contributed by atoms with Crippen molar-refractivity contribution < 1.29 is 30.0 Å². The lowest BCUT2D eigenvalue weighted by atomic mass is 9.71. The monoisotopic (exact) mass is 316 g/mol. The summed E-state index contributed by atoms with van der Waals surface area (Å²) < 4.78 is 0. The van der Waals surface area contributed by atoms with Gasteiger partial charge in [-0.05, 0) is 41.8 Å². The zero-order chi connectivity index (χ0) is 17.0. The number of benzene rings is 2. The Hall–Kier alpha value is -3.02. The minimum absolute atomic E-state index is 0.0167. The second-order valence-electron chi connectivity index (χ2n) is 5.20. The number of phenolic OH excluding ortho intramolecular Hbond substituents is 2. The third kappa shape index (κ3) is 3.26. The van der Waals surface area contributed by atoms with Crippen molar-refractivity contribution >= 4 is 11.9 Å². The van der Waals surface area contributed by atoms with Crippen LogP contribution in [0, 0.1) is 0 Å². The van der Waals surface area contributed by atoms with Gasteiger partial charge < -0.3 is 20.4 Å². The molecule has 120 valence electrons. The van der Waals surface area contributed by atoms with E-state index in [1.54, 1.807) is 0 Å². The molecule has 0 spiro atoms. The van der Waals surface area contributed by atoms with E-state index in [1.165, 1.54) is 48.5 Å². The summed E-state index contributed by atoms with van der Waals surface area (Å²) in [6, 6.07) is 11.2. The maximum Gasteiger partial charge on any atom is 0.318 e. The summed E-state index contributed by atoms with van der Waals surface area (Å²) in [7, 11) is 0. The van der Waals surface area contributed by atoms with Gasteiger partial charge >= 0.3 is 11.9 Å². The van der Waals surface area contributed by atoms with Gasteiger partial charge in [-0.1, -0.05) is 24.3 Å². The van der Waals surface area contributed by atoms with E-state index >= 15 is 0 Å². The Morgan fingerprint density at radius 2 is 1.17 bits per heavy atom. The van der Waals surface area contributed by atoms with Crippen LogP contribution in [0.25, 0.3) is 0 Å². The van der Waals surface area contributed by atoms with E-state index in [2.05, 4.69) is 0 Å². The molecule has 23 heavy (non-hydrogen) atoms. The SMILES string of the molecule is O=C(O)CCC(C(=O)O)(c1ccc(O)cc1)c1ccc(O)cc1.